The maximum Gasteiger partial charge on any atom is 0.416 e. The van der Waals surface area contributed by atoms with Crippen molar-refractivity contribution in [1.82, 2.24) is 4.98 Å². The second-order valence-corrected chi connectivity index (χ2v) is 7.74. The van der Waals surface area contributed by atoms with Crippen LogP contribution >= 0.6 is 23.1 Å². The largest absolute Gasteiger partial charge is 0.462 e. The number of hydrogen-bond donors (Lipinski definition) is 0. The van der Waals surface area contributed by atoms with Gasteiger partial charge in [0.1, 0.15) is 9.88 Å². The van der Waals surface area contributed by atoms with Gasteiger partial charge in [-0.1, -0.05) is 30.3 Å². The van der Waals surface area contributed by atoms with Gasteiger partial charge in [0.25, 0.3) is 0 Å². The molecule has 1 aromatic heterocycles. The van der Waals surface area contributed by atoms with E-state index in [0.717, 1.165) is 28.4 Å². The van der Waals surface area contributed by atoms with Crippen LogP contribution in [0.3, 0.4) is 0 Å². The fourth-order valence-electron chi connectivity index (χ4n) is 2.40. The molecule has 3 rings (SSSR count). The Morgan fingerprint density at radius 3 is 2.39 bits per heavy atom. The molecular formula is C20H16F3NO2S2. The first kappa shape index (κ1) is 20.4. The highest BCUT2D eigenvalue weighted by molar-refractivity contribution is 7.98. The van der Waals surface area contributed by atoms with E-state index >= 15 is 0 Å². The fraction of sp³-hybridized carbons (Fsp3) is 0.200. The Balaban J connectivity index is 1.88. The third-order valence-electron chi connectivity index (χ3n) is 3.74. The van der Waals surface area contributed by atoms with E-state index in [9.17, 15) is 18.0 Å². The molecule has 2 aromatic carbocycles. The van der Waals surface area contributed by atoms with Crippen molar-refractivity contribution in [2.24, 2.45) is 0 Å². The molecule has 3 aromatic rings. The first-order valence-corrected chi connectivity index (χ1v) is 10.2. The third kappa shape index (κ3) is 4.94. The minimum Gasteiger partial charge on any atom is -0.462 e. The van der Waals surface area contributed by atoms with Gasteiger partial charge in [-0.05, 0) is 31.2 Å². The summed E-state index contributed by atoms with van der Waals surface area (Å²) in [6, 6.07) is 14.4. The number of carbonyl (C=O) groups is 1. The van der Waals surface area contributed by atoms with Crippen molar-refractivity contribution >= 4 is 29.1 Å². The van der Waals surface area contributed by atoms with Crippen molar-refractivity contribution in [1.29, 1.82) is 0 Å². The van der Waals surface area contributed by atoms with Gasteiger partial charge in [0.2, 0.25) is 0 Å². The van der Waals surface area contributed by atoms with Crippen LogP contribution in [-0.4, -0.2) is 17.6 Å². The number of benzene rings is 2. The van der Waals surface area contributed by atoms with E-state index in [2.05, 4.69) is 4.98 Å². The molecule has 0 saturated carbocycles. The Morgan fingerprint density at radius 2 is 1.79 bits per heavy atom. The van der Waals surface area contributed by atoms with Crippen LogP contribution in [0.4, 0.5) is 13.2 Å². The summed E-state index contributed by atoms with van der Waals surface area (Å²) in [5, 5.41) is 0.487. The predicted octanol–water partition coefficient (Wildman–Crippen LogP) is 6.30. The quantitative estimate of drug-likeness (QED) is 0.345. The molecule has 146 valence electrons. The molecule has 0 unspecified atom stereocenters. The Labute approximate surface area is 168 Å². The maximum atomic E-state index is 12.8. The smallest absolute Gasteiger partial charge is 0.416 e. The number of thioether (sulfide) groups is 1. The van der Waals surface area contributed by atoms with E-state index < -0.39 is 17.7 Å². The summed E-state index contributed by atoms with van der Waals surface area (Å²) in [7, 11) is 0. The number of aromatic nitrogens is 1. The standard InChI is InChI=1S/C20H16F3NO2S2/c1-2-26-19(25)17-16(12-27-15-6-4-3-5-7-15)24-18(28-17)13-8-10-14(11-9-13)20(21,22)23/h3-11H,2,12H2,1H3. The van der Waals surface area contributed by atoms with Crippen LogP contribution in [0.2, 0.25) is 0 Å². The molecule has 1 heterocycles. The number of esters is 1. The Kier molecular flexibility index (Phi) is 6.41. The first-order chi connectivity index (χ1) is 13.4. The monoisotopic (exact) mass is 423 g/mol. The Morgan fingerprint density at radius 1 is 1.11 bits per heavy atom. The second-order valence-electron chi connectivity index (χ2n) is 5.69. The predicted molar refractivity (Wildman–Crippen MR) is 105 cm³/mol. The van der Waals surface area contributed by atoms with Crippen molar-refractivity contribution in [3.8, 4) is 10.6 Å². The molecule has 0 bridgehead atoms. The summed E-state index contributed by atoms with van der Waals surface area (Å²) in [6.45, 7) is 1.95. The number of alkyl halides is 3. The minimum absolute atomic E-state index is 0.234. The van der Waals surface area contributed by atoms with Crippen molar-refractivity contribution in [2.45, 2.75) is 23.7 Å². The second kappa shape index (κ2) is 8.79. The van der Waals surface area contributed by atoms with E-state index in [-0.39, 0.29) is 6.61 Å². The first-order valence-electron chi connectivity index (χ1n) is 8.40. The van der Waals surface area contributed by atoms with Gasteiger partial charge in [-0.2, -0.15) is 13.2 Å². The lowest BCUT2D eigenvalue weighted by atomic mass is 10.1. The van der Waals surface area contributed by atoms with E-state index in [1.54, 1.807) is 6.92 Å². The summed E-state index contributed by atoms with van der Waals surface area (Å²) >= 11 is 2.65. The molecular weight excluding hydrogens is 407 g/mol. The number of rotatable bonds is 6. The van der Waals surface area contributed by atoms with Crippen molar-refractivity contribution in [3.05, 3.63) is 70.7 Å². The highest BCUT2D eigenvalue weighted by atomic mass is 32.2. The molecule has 0 atom stereocenters. The van der Waals surface area contributed by atoms with Gasteiger partial charge in [0, 0.05) is 16.2 Å². The van der Waals surface area contributed by atoms with Gasteiger partial charge in [-0.3, -0.25) is 0 Å². The SMILES string of the molecule is CCOC(=O)c1sc(-c2ccc(C(F)(F)F)cc2)nc1CSc1ccccc1. The van der Waals surface area contributed by atoms with Crippen molar-refractivity contribution in [3.63, 3.8) is 0 Å². The molecule has 8 heteroatoms. The topological polar surface area (TPSA) is 39.2 Å². The lowest BCUT2D eigenvalue weighted by Gasteiger charge is -2.06. The molecule has 3 nitrogen and oxygen atoms in total. The average Bonchev–Trinajstić information content (AvgIpc) is 3.11. The highest BCUT2D eigenvalue weighted by Gasteiger charge is 2.30. The third-order valence-corrected chi connectivity index (χ3v) is 5.89. The van der Waals surface area contributed by atoms with Gasteiger partial charge < -0.3 is 4.74 Å². The molecule has 0 N–H and O–H groups in total. The van der Waals surface area contributed by atoms with Gasteiger partial charge >= 0.3 is 12.1 Å². The fourth-order valence-corrected chi connectivity index (χ4v) is 4.33. The number of hydrogen-bond acceptors (Lipinski definition) is 5. The maximum absolute atomic E-state index is 12.8. The molecule has 0 saturated heterocycles. The number of halogens is 3. The number of carbonyl (C=O) groups excluding carboxylic acids is 1. The van der Waals surface area contributed by atoms with E-state index in [0.29, 0.717) is 26.9 Å². The average molecular weight is 423 g/mol. The van der Waals surface area contributed by atoms with Crippen LogP contribution in [0.25, 0.3) is 10.6 Å². The van der Waals surface area contributed by atoms with Crippen molar-refractivity contribution < 1.29 is 22.7 Å². The summed E-state index contributed by atoms with van der Waals surface area (Å²) in [5.74, 6) is -0.0169. The normalized spacial score (nSPS) is 11.4. The number of thiazole rings is 1. The van der Waals surface area contributed by atoms with Crippen LogP contribution in [-0.2, 0) is 16.7 Å². The summed E-state index contributed by atoms with van der Waals surface area (Å²) in [6.07, 6.45) is -4.39. The zero-order valence-corrected chi connectivity index (χ0v) is 16.5. The van der Waals surface area contributed by atoms with Crippen LogP contribution in [0.15, 0.2) is 59.5 Å². The summed E-state index contributed by atoms with van der Waals surface area (Å²) in [5.41, 5.74) is 0.366. The van der Waals surface area contributed by atoms with Gasteiger partial charge in [-0.25, -0.2) is 9.78 Å². The zero-order valence-electron chi connectivity index (χ0n) is 14.8. The minimum atomic E-state index is -4.39. The number of nitrogens with zero attached hydrogens (tertiary/aromatic N) is 1. The molecule has 0 aliphatic carbocycles. The van der Waals surface area contributed by atoms with Gasteiger partial charge in [0.05, 0.1) is 17.9 Å². The van der Waals surface area contributed by atoms with Crippen LogP contribution < -0.4 is 0 Å². The lowest BCUT2D eigenvalue weighted by molar-refractivity contribution is -0.137. The Hall–Kier alpha value is -2.32. The van der Waals surface area contributed by atoms with E-state index in [1.807, 2.05) is 30.3 Å². The summed E-state index contributed by atoms with van der Waals surface area (Å²) < 4.78 is 43.4. The molecule has 0 aliphatic rings. The number of ether oxygens (including phenoxy) is 1. The molecule has 0 spiro atoms. The summed E-state index contributed by atoms with van der Waals surface area (Å²) in [4.78, 5) is 18.2. The van der Waals surface area contributed by atoms with E-state index in [1.165, 1.54) is 23.9 Å². The zero-order chi connectivity index (χ0) is 20.1. The van der Waals surface area contributed by atoms with Crippen LogP contribution in [0.1, 0.15) is 27.9 Å². The van der Waals surface area contributed by atoms with Crippen LogP contribution in [0.5, 0.6) is 0 Å². The molecule has 0 aliphatic heterocycles. The van der Waals surface area contributed by atoms with Crippen LogP contribution in [0, 0.1) is 0 Å². The molecule has 0 fully saturated rings. The lowest BCUT2D eigenvalue weighted by Crippen LogP contribution is -2.05. The molecule has 0 amide bonds. The van der Waals surface area contributed by atoms with Crippen molar-refractivity contribution in [2.75, 3.05) is 6.61 Å². The Bertz CT molecular complexity index is 938. The van der Waals surface area contributed by atoms with Gasteiger partial charge in [-0.15, -0.1) is 23.1 Å². The van der Waals surface area contributed by atoms with Gasteiger partial charge in [0.15, 0.2) is 0 Å². The highest BCUT2D eigenvalue weighted by Crippen LogP contribution is 2.35. The van der Waals surface area contributed by atoms with E-state index in [4.69, 9.17) is 4.74 Å². The molecule has 28 heavy (non-hydrogen) atoms. The molecule has 0 radical (unpaired) electrons.